The molecular weight excluding hydrogens is 202 g/mol. The van der Waals surface area contributed by atoms with Crippen LogP contribution in [0.15, 0.2) is 18.3 Å². The summed E-state index contributed by atoms with van der Waals surface area (Å²) in [4.78, 5) is 15.9. The molecule has 1 saturated carbocycles. The van der Waals surface area contributed by atoms with Crippen molar-refractivity contribution in [2.75, 3.05) is 12.4 Å². The van der Waals surface area contributed by atoms with Crippen molar-refractivity contribution in [3.05, 3.63) is 24.0 Å². The zero-order chi connectivity index (χ0) is 11.5. The minimum atomic E-state index is -0.0699. The smallest absolute Gasteiger partial charge is 0.270 e. The number of anilines is 1. The first-order chi connectivity index (χ1) is 7.69. The summed E-state index contributed by atoms with van der Waals surface area (Å²) in [5, 5.41) is 5.95. The van der Waals surface area contributed by atoms with Gasteiger partial charge in [0.05, 0.1) is 11.9 Å². The molecule has 1 fully saturated rings. The number of carbonyl (C=O) groups excluding carboxylic acids is 1. The van der Waals surface area contributed by atoms with E-state index in [1.54, 1.807) is 12.3 Å². The summed E-state index contributed by atoms with van der Waals surface area (Å²) in [5.41, 5.74) is 1.40. The molecule has 2 N–H and O–H groups in total. The Balaban J connectivity index is 1.93. The van der Waals surface area contributed by atoms with Gasteiger partial charge in [0.25, 0.3) is 5.91 Å². The van der Waals surface area contributed by atoms with Crippen LogP contribution in [0.2, 0.25) is 0 Å². The van der Waals surface area contributed by atoms with Gasteiger partial charge in [0.15, 0.2) is 0 Å². The maximum atomic E-state index is 11.8. The lowest BCUT2D eigenvalue weighted by Gasteiger charge is -2.33. The van der Waals surface area contributed by atoms with Crippen molar-refractivity contribution in [3.8, 4) is 0 Å². The minimum absolute atomic E-state index is 0.0699. The third-order valence-electron chi connectivity index (χ3n) is 2.99. The molecule has 0 bridgehead atoms. The van der Waals surface area contributed by atoms with Crippen LogP contribution in [-0.4, -0.2) is 24.0 Å². The summed E-state index contributed by atoms with van der Waals surface area (Å²) in [6.07, 6.45) is 3.83. The maximum Gasteiger partial charge on any atom is 0.270 e. The SMILES string of the molecule is CNc1ccc(C(=O)NC2CC(C)C2)nc1. The zero-order valence-corrected chi connectivity index (χ0v) is 9.66. The molecule has 1 aromatic heterocycles. The normalized spacial score (nSPS) is 23.4. The molecule has 1 amide bonds. The average molecular weight is 219 g/mol. The number of nitrogens with one attached hydrogen (secondary N) is 2. The van der Waals surface area contributed by atoms with Gasteiger partial charge < -0.3 is 10.6 Å². The van der Waals surface area contributed by atoms with Crippen molar-refractivity contribution in [2.45, 2.75) is 25.8 Å². The lowest BCUT2D eigenvalue weighted by Crippen LogP contribution is -2.43. The lowest BCUT2D eigenvalue weighted by atomic mass is 9.82. The van der Waals surface area contributed by atoms with Gasteiger partial charge in [0.1, 0.15) is 5.69 Å². The average Bonchev–Trinajstić information content (AvgIpc) is 2.27. The van der Waals surface area contributed by atoms with E-state index in [0.717, 1.165) is 24.4 Å². The van der Waals surface area contributed by atoms with E-state index in [4.69, 9.17) is 0 Å². The molecule has 0 unspecified atom stereocenters. The van der Waals surface area contributed by atoms with Gasteiger partial charge in [-0.1, -0.05) is 6.92 Å². The highest BCUT2D eigenvalue weighted by molar-refractivity contribution is 5.92. The number of nitrogens with zero attached hydrogens (tertiary/aromatic N) is 1. The highest BCUT2D eigenvalue weighted by atomic mass is 16.1. The van der Waals surface area contributed by atoms with Crippen LogP contribution in [0.25, 0.3) is 0 Å². The van der Waals surface area contributed by atoms with Gasteiger partial charge in [-0.2, -0.15) is 0 Å². The van der Waals surface area contributed by atoms with Crippen LogP contribution in [0.1, 0.15) is 30.3 Å². The molecule has 0 aliphatic heterocycles. The number of hydrogen-bond acceptors (Lipinski definition) is 3. The van der Waals surface area contributed by atoms with Gasteiger partial charge >= 0.3 is 0 Å². The van der Waals surface area contributed by atoms with Crippen LogP contribution in [0.4, 0.5) is 5.69 Å². The fourth-order valence-electron chi connectivity index (χ4n) is 1.96. The second-order valence-corrected chi connectivity index (χ2v) is 4.43. The summed E-state index contributed by atoms with van der Waals surface area (Å²) in [7, 11) is 1.83. The summed E-state index contributed by atoms with van der Waals surface area (Å²) in [5.74, 6) is 0.671. The third kappa shape index (κ3) is 2.32. The second-order valence-electron chi connectivity index (χ2n) is 4.43. The number of pyridine rings is 1. The molecule has 1 aromatic rings. The highest BCUT2D eigenvalue weighted by Crippen LogP contribution is 2.26. The predicted molar refractivity (Wildman–Crippen MR) is 63.4 cm³/mol. The summed E-state index contributed by atoms with van der Waals surface area (Å²) >= 11 is 0. The molecule has 0 saturated heterocycles. The van der Waals surface area contributed by atoms with Crippen LogP contribution in [-0.2, 0) is 0 Å². The van der Waals surface area contributed by atoms with E-state index >= 15 is 0 Å². The van der Waals surface area contributed by atoms with Gasteiger partial charge in [0, 0.05) is 13.1 Å². The van der Waals surface area contributed by atoms with Crippen LogP contribution in [0.3, 0.4) is 0 Å². The molecule has 2 rings (SSSR count). The van der Waals surface area contributed by atoms with E-state index in [1.807, 2.05) is 13.1 Å². The largest absolute Gasteiger partial charge is 0.387 e. The Labute approximate surface area is 95.5 Å². The van der Waals surface area contributed by atoms with Crippen LogP contribution < -0.4 is 10.6 Å². The molecule has 4 nitrogen and oxygen atoms in total. The molecule has 0 radical (unpaired) electrons. The van der Waals surface area contributed by atoms with Crippen LogP contribution >= 0.6 is 0 Å². The number of hydrogen-bond donors (Lipinski definition) is 2. The Bertz CT molecular complexity index is 368. The van der Waals surface area contributed by atoms with E-state index < -0.39 is 0 Å². The Morgan fingerprint density at radius 1 is 1.44 bits per heavy atom. The molecule has 1 heterocycles. The molecule has 0 atom stereocenters. The fourth-order valence-corrected chi connectivity index (χ4v) is 1.96. The third-order valence-corrected chi connectivity index (χ3v) is 2.99. The van der Waals surface area contributed by atoms with E-state index in [9.17, 15) is 4.79 Å². The first-order valence-corrected chi connectivity index (χ1v) is 5.63. The first kappa shape index (κ1) is 10.9. The van der Waals surface area contributed by atoms with Gasteiger partial charge in [-0.15, -0.1) is 0 Å². The lowest BCUT2D eigenvalue weighted by molar-refractivity contribution is 0.0891. The zero-order valence-electron chi connectivity index (χ0n) is 9.66. The maximum absolute atomic E-state index is 11.8. The standard InChI is InChI=1S/C12H17N3O/c1-8-5-10(6-8)15-12(16)11-4-3-9(13-2)7-14-11/h3-4,7-8,10,13H,5-6H2,1-2H3,(H,15,16). The van der Waals surface area contributed by atoms with Crippen molar-refractivity contribution >= 4 is 11.6 Å². The van der Waals surface area contributed by atoms with Crippen molar-refractivity contribution in [2.24, 2.45) is 5.92 Å². The molecule has 4 heteroatoms. The fraction of sp³-hybridized carbons (Fsp3) is 0.500. The topological polar surface area (TPSA) is 54.0 Å². The van der Waals surface area contributed by atoms with Crippen molar-refractivity contribution < 1.29 is 4.79 Å². The Kier molecular flexibility index (Phi) is 3.08. The van der Waals surface area contributed by atoms with E-state index in [-0.39, 0.29) is 5.91 Å². The monoisotopic (exact) mass is 219 g/mol. The summed E-state index contributed by atoms with van der Waals surface area (Å²) in [6.45, 7) is 2.20. The van der Waals surface area contributed by atoms with E-state index in [1.165, 1.54) is 0 Å². The molecule has 0 aromatic carbocycles. The van der Waals surface area contributed by atoms with Crippen LogP contribution in [0.5, 0.6) is 0 Å². The Morgan fingerprint density at radius 3 is 2.69 bits per heavy atom. The molecular formula is C12H17N3O. The van der Waals surface area contributed by atoms with Gasteiger partial charge in [-0.3, -0.25) is 4.79 Å². The van der Waals surface area contributed by atoms with Gasteiger partial charge in [0.2, 0.25) is 0 Å². The molecule has 0 spiro atoms. The van der Waals surface area contributed by atoms with E-state index in [0.29, 0.717) is 11.7 Å². The molecule has 1 aliphatic rings. The number of carbonyl (C=O) groups is 1. The van der Waals surface area contributed by atoms with E-state index in [2.05, 4.69) is 22.5 Å². The number of rotatable bonds is 3. The number of amides is 1. The Morgan fingerprint density at radius 2 is 2.19 bits per heavy atom. The predicted octanol–water partition coefficient (Wildman–Crippen LogP) is 1.65. The highest BCUT2D eigenvalue weighted by Gasteiger charge is 2.27. The minimum Gasteiger partial charge on any atom is -0.387 e. The van der Waals surface area contributed by atoms with Crippen molar-refractivity contribution in [3.63, 3.8) is 0 Å². The van der Waals surface area contributed by atoms with Gasteiger partial charge in [-0.05, 0) is 30.9 Å². The second kappa shape index (κ2) is 4.51. The van der Waals surface area contributed by atoms with Crippen molar-refractivity contribution in [1.29, 1.82) is 0 Å². The quantitative estimate of drug-likeness (QED) is 0.812. The molecule has 16 heavy (non-hydrogen) atoms. The molecule has 1 aliphatic carbocycles. The summed E-state index contributed by atoms with van der Waals surface area (Å²) in [6, 6.07) is 3.93. The molecule has 86 valence electrons. The first-order valence-electron chi connectivity index (χ1n) is 5.63. The van der Waals surface area contributed by atoms with Crippen LogP contribution in [0, 0.1) is 5.92 Å². The Hall–Kier alpha value is -1.58. The number of aromatic nitrogens is 1. The van der Waals surface area contributed by atoms with Crippen molar-refractivity contribution in [1.82, 2.24) is 10.3 Å². The summed E-state index contributed by atoms with van der Waals surface area (Å²) < 4.78 is 0. The van der Waals surface area contributed by atoms with Gasteiger partial charge in [-0.25, -0.2) is 4.98 Å².